The van der Waals surface area contributed by atoms with E-state index in [9.17, 15) is 4.79 Å². The molecule has 152 valence electrons. The predicted octanol–water partition coefficient (Wildman–Crippen LogP) is 8.23. The van der Waals surface area contributed by atoms with Crippen LogP contribution in [-0.2, 0) is 4.79 Å². The first-order chi connectivity index (χ1) is 12.8. The Labute approximate surface area is 163 Å². The molecule has 1 N–H and O–H groups in total. The molecule has 0 radical (unpaired) electrons. The summed E-state index contributed by atoms with van der Waals surface area (Å²) in [4.78, 5) is 10.3. The number of hydrogen-bond donors (Lipinski definition) is 1. The molecule has 0 unspecified atom stereocenters. The Morgan fingerprint density at radius 3 is 1.31 bits per heavy atom. The molecule has 0 saturated heterocycles. The number of allylic oxidation sites excluding steroid dienone is 3. The van der Waals surface area contributed by atoms with Crippen LogP contribution in [0.3, 0.4) is 0 Å². The molecule has 2 nitrogen and oxygen atoms in total. The molecule has 0 saturated carbocycles. The molecule has 0 aromatic carbocycles. The van der Waals surface area contributed by atoms with E-state index < -0.39 is 5.97 Å². The molecule has 0 aromatic rings. The maximum Gasteiger partial charge on any atom is 0.327 e. The average molecular weight is 365 g/mol. The molecule has 26 heavy (non-hydrogen) atoms. The minimum absolute atomic E-state index is 0.836. The van der Waals surface area contributed by atoms with Crippen LogP contribution >= 0.6 is 0 Å². The molecule has 0 aliphatic rings. The molecule has 0 aliphatic carbocycles. The van der Waals surface area contributed by atoms with Crippen molar-refractivity contribution in [3.63, 3.8) is 0 Å². The van der Waals surface area contributed by atoms with Crippen molar-refractivity contribution in [2.75, 3.05) is 0 Å². The lowest BCUT2D eigenvalue weighted by atomic mass is 10.1. The van der Waals surface area contributed by atoms with Crippen LogP contribution in [0.4, 0.5) is 0 Å². The second kappa shape index (κ2) is 22.0. The fraction of sp³-hybridized carbons (Fsp3) is 0.792. The van der Waals surface area contributed by atoms with Gasteiger partial charge in [0, 0.05) is 6.08 Å². The minimum atomic E-state index is -0.836. The highest BCUT2D eigenvalue weighted by Gasteiger charge is 1.93. The summed E-state index contributed by atoms with van der Waals surface area (Å²) >= 11 is 0. The largest absolute Gasteiger partial charge is 0.478 e. The van der Waals surface area contributed by atoms with E-state index in [4.69, 9.17) is 5.11 Å². The third-order valence-electron chi connectivity index (χ3n) is 4.89. The first kappa shape index (κ1) is 24.9. The van der Waals surface area contributed by atoms with E-state index in [0.29, 0.717) is 0 Å². The highest BCUT2D eigenvalue weighted by atomic mass is 16.4. The average Bonchev–Trinajstić information content (AvgIpc) is 2.62. The van der Waals surface area contributed by atoms with Crippen molar-refractivity contribution in [3.05, 3.63) is 24.3 Å². The molecule has 0 aromatic heterocycles. The zero-order valence-electron chi connectivity index (χ0n) is 17.4. The lowest BCUT2D eigenvalue weighted by Crippen LogP contribution is -1.85. The van der Waals surface area contributed by atoms with Crippen LogP contribution in [0.1, 0.15) is 122 Å². The molecule has 0 heterocycles. The molecule has 0 bridgehead atoms. The van der Waals surface area contributed by atoms with Crippen LogP contribution < -0.4 is 0 Å². The zero-order chi connectivity index (χ0) is 19.1. The van der Waals surface area contributed by atoms with Gasteiger partial charge in [-0.05, 0) is 38.5 Å². The summed E-state index contributed by atoms with van der Waals surface area (Å²) < 4.78 is 0. The van der Waals surface area contributed by atoms with Gasteiger partial charge in [0.05, 0.1) is 0 Å². The number of aliphatic carboxylic acids is 1. The number of carbonyl (C=O) groups is 1. The molecule has 0 aliphatic heterocycles. The third kappa shape index (κ3) is 22.9. The Morgan fingerprint density at radius 1 is 0.577 bits per heavy atom. The Morgan fingerprint density at radius 2 is 0.923 bits per heavy atom. The molecular weight excluding hydrogens is 320 g/mol. The van der Waals surface area contributed by atoms with Crippen molar-refractivity contribution in [2.24, 2.45) is 0 Å². The van der Waals surface area contributed by atoms with Crippen molar-refractivity contribution >= 4 is 5.97 Å². The quantitative estimate of drug-likeness (QED) is 0.134. The molecule has 0 amide bonds. The van der Waals surface area contributed by atoms with Gasteiger partial charge in [-0.25, -0.2) is 4.79 Å². The fourth-order valence-electron chi connectivity index (χ4n) is 3.22. The van der Waals surface area contributed by atoms with Crippen LogP contribution in [0.5, 0.6) is 0 Å². The van der Waals surface area contributed by atoms with E-state index in [0.717, 1.165) is 12.8 Å². The first-order valence-electron chi connectivity index (χ1n) is 11.3. The van der Waals surface area contributed by atoms with Crippen molar-refractivity contribution in [1.29, 1.82) is 0 Å². The molecule has 0 fully saturated rings. The van der Waals surface area contributed by atoms with Crippen LogP contribution in [0, 0.1) is 0 Å². The van der Waals surface area contributed by atoms with E-state index >= 15 is 0 Å². The lowest BCUT2D eigenvalue weighted by molar-refractivity contribution is -0.131. The summed E-state index contributed by atoms with van der Waals surface area (Å²) in [6.45, 7) is 2.28. The van der Waals surface area contributed by atoms with Gasteiger partial charge in [0.25, 0.3) is 0 Å². The summed E-state index contributed by atoms with van der Waals surface area (Å²) in [6, 6.07) is 0. The normalized spacial score (nSPS) is 11.7. The first-order valence-corrected chi connectivity index (χ1v) is 11.3. The zero-order valence-corrected chi connectivity index (χ0v) is 17.4. The van der Waals surface area contributed by atoms with Crippen LogP contribution in [0.2, 0.25) is 0 Å². The highest BCUT2D eigenvalue weighted by molar-refractivity contribution is 5.79. The standard InChI is InChI=1S/C24H44O2/c1-2-3-4-5-6-7-8-9-10-11-12-13-14-15-16-17-18-19-20-21-22-23-24(25)26/h10-11,22-23H,2-9,12-21H2,1H3,(H,25,26). The van der Waals surface area contributed by atoms with Crippen molar-refractivity contribution in [2.45, 2.75) is 122 Å². The van der Waals surface area contributed by atoms with Gasteiger partial charge < -0.3 is 5.11 Å². The third-order valence-corrected chi connectivity index (χ3v) is 4.89. The lowest BCUT2D eigenvalue weighted by Gasteiger charge is -2.01. The van der Waals surface area contributed by atoms with Gasteiger partial charge in [-0.3, -0.25) is 0 Å². The summed E-state index contributed by atoms with van der Waals surface area (Å²) in [6.07, 6.45) is 31.4. The number of hydrogen-bond acceptors (Lipinski definition) is 1. The van der Waals surface area contributed by atoms with Crippen molar-refractivity contribution < 1.29 is 9.90 Å². The van der Waals surface area contributed by atoms with E-state index in [1.807, 2.05) is 0 Å². The van der Waals surface area contributed by atoms with E-state index in [-0.39, 0.29) is 0 Å². The Hall–Kier alpha value is -1.05. The summed E-state index contributed by atoms with van der Waals surface area (Å²) in [5.74, 6) is -0.836. The van der Waals surface area contributed by atoms with E-state index in [1.165, 1.54) is 109 Å². The maximum atomic E-state index is 10.3. The number of rotatable bonds is 20. The number of carboxylic acid groups (broad SMARTS) is 1. The van der Waals surface area contributed by atoms with Crippen LogP contribution in [0.15, 0.2) is 24.3 Å². The van der Waals surface area contributed by atoms with Gasteiger partial charge >= 0.3 is 5.97 Å². The van der Waals surface area contributed by atoms with Crippen LogP contribution in [-0.4, -0.2) is 11.1 Å². The Bertz CT molecular complexity index is 344. The van der Waals surface area contributed by atoms with Crippen molar-refractivity contribution in [1.82, 2.24) is 0 Å². The summed E-state index contributed by atoms with van der Waals surface area (Å²) in [7, 11) is 0. The minimum Gasteiger partial charge on any atom is -0.478 e. The second-order valence-electron chi connectivity index (χ2n) is 7.53. The molecule has 2 heteroatoms. The summed E-state index contributed by atoms with van der Waals surface area (Å²) in [5, 5.41) is 8.48. The number of carboxylic acids is 1. The molecular formula is C24H44O2. The van der Waals surface area contributed by atoms with Gasteiger partial charge in [-0.2, -0.15) is 0 Å². The Kier molecular flexibility index (Phi) is 21.1. The molecule has 0 rings (SSSR count). The van der Waals surface area contributed by atoms with Gasteiger partial charge in [0.2, 0.25) is 0 Å². The maximum absolute atomic E-state index is 10.3. The van der Waals surface area contributed by atoms with E-state index in [2.05, 4.69) is 19.1 Å². The van der Waals surface area contributed by atoms with Gasteiger partial charge in [-0.1, -0.05) is 102 Å². The van der Waals surface area contributed by atoms with Crippen molar-refractivity contribution in [3.8, 4) is 0 Å². The smallest absolute Gasteiger partial charge is 0.327 e. The van der Waals surface area contributed by atoms with Gasteiger partial charge in [0.15, 0.2) is 0 Å². The molecule has 0 spiro atoms. The van der Waals surface area contributed by atoms with Crippen LogP contribution in [0.25, 0.3) is 0 Å². The SMILES string of the molecule is CCCCCCCCCC=CCCCCCCCCCCC=CC(=O)O. The Balaban J connectivity index is 3.11. The number of unbranched alkanes of at least 4 members (excludes halogenated alkanes) is 16. The van der Waals surface area contributed by atoms with Gasteiger partial charge in [0.1, 0.15) is 0 Å². The highest BCUT2D eigenvalue weighted by Crippen LogP contribution is 2.12. The fourth-order valence-corrected chi connectivity index (χ4v) is 3.22. The van der Waals surface area contributed by atoms with Gasteiger partial charge in [-0.15, -0.1) is 0 Å². The molecule has 0 atom stereocenters. The predicted molar refractivity (Wildman–Crippen MR) is 115 cm³/mol. The topological polar surface area (TPSA) is 37.3 Å². The summed E-state index contributed by atoms with van der Waals surface area (Å²) in [5.41, 5.74) is 0. The monoisotopic (exact) mass is 364 g/mol. The second-order valence-corrected chi connectivity index (χ2v) is 7.53. The van der Waals surface area contributed by atoms with E-state index in [1.54, 1.807) is 6.08 Å².